The van der Waals surface area contributed by atoms with Gasteiger partial charge in [0.25, 0.3) is 5.91 Å². The molecule has 6 heteroatoms. The third-order valence-corrected chi connectivity index (χ3v) is 7.39. The molecule has 1 unspecified atom stereocenters. The van der Waals surface area contributed by atoms with E-state index in [1.165, 1.54) is 38.5 Å². The molecular formula is C22H32ClN3O2. The summed E-state index contributed by atoms with van der Waals surface area (Å²) in [5, 5.41) is 16.2. The molecule has 0 radical (unpaired) electrons. The molecule has 4 aliphatic rings. The van der Waals surface area contributed by atoms with Crippen LogP contribution in [0.5, 0.6) is 0 Å². The normalized spacial score (nSPS) is 31.8. The Morgan fingerprint density at radius 1 is 1.29 bits per heavy atom. The van der Waals surface area contributed by atoms with E-state index in [1.54, 1.807) is 12.3 Å². The van der Waals surface area contributed by atoms with Crippen molar-refractivity contribution in [3.63, 3.8) is 0 Å². The molecule has 4 bridgehead atoms. The molecular weight excluding hydrogens is 374 g/mol. The van der Waals surface area contributed by atoms with Crippen LogP contribution in [0.1, 0.15) is 67.9 Å². The van der Waals surface area contributed by atoms with Crippen LogP contribution in [-0.2, 0) is 6.42 Å². The van der Waals surface area contributed by atoms with Crippen molar-refractivity contribution in [3.8, 4) is 0 Å². The van der Waals surface area contributed by atoms with Crippen molar-refractivity contribution in [2.75, 3.05) is 13.1 Å². The smallest absolute Gasteiger partial charge is 0.252 e. The number of rotatable bonds is 8. The van der Waals surface area contributed by atoms with Crippen LogP contribution in [0.4, 0.5) is 0 Å². The highest BCUT2D eigenvalue weighted by atomic mass is 35.5. The van der Waals surface area contributed by atoms with E-state index in [9.17, 15) is 9.90 Å². The number of aromatic nitrogens is 1. The van der Waals surface area contributed by atoms with Gasteiger partial charge in [0.05, 0.1) is 10.6 Å². The second kappa shape index (κ2) is 8.29. The molecule has 1 aromatic heterocycles. The summed E-state index contributed by atoms with van der Waals surface area (Å²) < 4.78 is 0. The number of aliphatic hydroxyl groups is 1. The van der Waals surface area contributed by atoms with Crippen molar-refractivity contribution in [3.05, 3.63) is 28.5 Å². The maximum atomic E-state index is 12.9. The van der Waals surface area contributed by atoms with Crippen LogP contribution in [0.2, 0.25) is 5.02 Å². The van der Waals surface area contributed by atoms with Gasteiger partial charge in [0.1, 0.15) is 6.23 Å². The minimum Gasteiger partial charge on any atom is -0.379 e. The molecule has 0 aromatic carbocycles. The fourth-order valence-corrected chi connectivity index (χ4v) is 6.36. The Bertz CT molecular complexity index is 688. The zero-order valence-electron chi connectivity index (χ0n) is 16.7. The van der Waals surface area contributed by atoms with E-state index in [1.807, 2.05) is 6.92 Å². The van der Waals surface area contributed by atoms with Crippen LogP contribution < -0.4 is 10.6 Å². The molecule has 4 saturated carbocycles. The predicted molar refractivity (Wildman–Crippen MR) is 110 cm³/mol. The third kappa shape index (κ3) is 4.37. The third-order valence-electron chi connectivity index (χ3n) is 7.09. The lowest BCUT2D eigenvalue weighted by atomic mass is 9.49. The first-order valence-corrected chi connectivity index (χ1v) is 11.2. The Morgan fingerprint density at radius 3 is 2.54 bits per heavy atom. The van der Waals surface area contributed by atoms with Crippen LogP contribution in [0, 0.1) is 23.2 Å². The minimum atomic E-state index is -0.504. The Morgan fingerprint density at radius 2 is 1.93 bits per heavy atom. The van der Waals surface area contributed by atoms with Gasteiger partial charge in [-0.3, -0.25) is 15.1 Å². The Labute approximate surface area is 172 Å². The van der Waals surface area contributed by atoms with Gasteiger partial charge in [-0.15, -0.1) is 0 Å². The quantitative estimate of drug-likeness (QED) is 0.578. The maximum Gasteiger partial charge on any atom is 0.252 e. The molecule has 1 atom stereocenters. The number of nitrogens with zero attached hydrogens (tertiary/aromatic N) is 1. The number of hydrogen-bond donors (Lipinski definition) is 3. The lowest BCUT2D eigenvalue weighted by Crippen LogP contribution is -2.51. The van der Waals surface area contributed by atoms with Gasteiger partial charge in [0, 0.05) is 31.4 Å². The summed E-state index contributed by atoms with van der Waals surface area (Å²) in [5.74, 6) is 2.55. The van der Waals surface area contributed by atoms with E-state index in [2.05, 4.69) is 15.6 Å². The van der Waals surface area contributed by atoms with Crippen molar-refractivity contribution in [1.29, 1.82) is 0 Å². The second-order valence-corrected chi connectivity index (χ2v) is 9.79. The SMILES string of the molecule is CCC(O)NCCc1cc(C(=O)NCC23CC4CC(CC(C4)C2)C3)c(Cl)cn1. The Hall–Kier alpha value is -1.17. The number of nitrogens with one attached hydrogen (secondary N) is 2. The zero-order valence-corrected chi connectivity index (χ0v) is 17.5. The van der Waals surface area contributed by atoms with Crippen molar-refractivity contribution in [1.82, 2.24) is 15.6 Å². The number of aliphatic hydroxyl groups excluding tert-OH is 1. The predicted octanol–water partition coefficient (Wildman–Crippen LogP) is 3.54. The van der Waals surface area contributed by atoms with Crippen LogP contribution in [0.15, 0.2) is 12.3 Å². The summed E-state index contributed by atoms with van der Waals surface area (Å²) in [4.78, 5) is 17.2. The molecule has 154 valence electrons. The number of hydrogen-bond acceptors (Lipinski definition) is 4. The molecule has 28 heavy (non-hydrogen) atoms. The largest absolute Gasteiger partial charge is 0.379 e. The molecule has 5 rings (SSSR count). The van der Waals surface area contributed by atoms with Gasteiger partial charge < -0.3 is 10.4 Å². The van der Waals surface area contributed by atoms with Gasteiger partial charge in [-0.2, -0.15) is 0 Å². The molecule has 0 saturated heterocycles. The van der Waals surface area contributed by atoms with Crippen LogP contribution in [-0.4, -0.2) is 35.3 Å². The molecule has 5 nitrogen and oxygen atoms in total. The van der Waals surface area contributed by atoms with E-state index in [-0.39, 0.29) is 5.91 Å². The van der Waals surface area contributed by atoms with Crippen molar-refractivity contribution >= 4 is 17.5 Å². The fraction of sp³-hybridized carbons (Fsp3) is 0.727. The second-order valence-electron chi connectivity index (χ2n) is 9.38. The molecule has 1 heterocycles. The molecule has 4 aliphatic carbocycles. The summed E-state index contributed by atoms with van der Waals surface area (Å²) in [7, 11) is 0. The van der Waals surface area contributed by atoms with Crippen molar-refractivity contribution < 1.29 is 9.90 Å². The first-order chi connectivity index (χ1) is 13.5. The van der Waals surface area contributed by atoms with Gasteiger partial charge >= 0.3 is 0 Å². The topological polar surface area (TPSA) is 74.2 Å². The van der Waals surface area contributed by atoms with Gasteiger partial charge in [0.2, 0.25) is 0 Å². The summed E-state index contributed by atoms with van der Waals surface area (Å²) in [6.45, 7) is 3.30. The zero-order chi connectivity index (χ0) is 19.7. The lowest BCUT2D eigenvalue weighted by molar-refractivity contribution is -0.0503. The highest BCUT2D eigenvalue weighted by Gasteiger charge is 2.50. The number of amides is 1. The van der Waals surface area contributed by atoms with E-state index in [4.69, 9.17) is 11.6 Å². The molecule has 0 aliphatic heterocycles. The fourth-order valence-electron chi connectivity index (χ4n) is 6.17. The molecule has 0 spiro atoms. The van der Waals surface area contributed by atoms with E-state index in [0.717, 1.165) is 30.0 Å². The first-order valence-electron chi connectivity index (χ1n) is 10.8. The average Bonchev–Trinajstić information content (AvgIpc) is 2.66. The summed E-state index contributed by atoms with van der Waals surface area (Å²) >= 11 is 6.27. The number of carbonyl (C=O) groups excluding carboxylic acids is 1. The molecule has 1 amide bonds. The average molecular weight is 406 g/mol. The van der Waals surface area contributed by atoms with Crippen LogP contribution in [0.3, 0.4) is 0 Å². The Balaban J connectivity index is 1.36. The molecule has 4 fully saturated rings. The summed E-state index contributed by atoms with van der Waals surface area (Å²) in [6, 6.07) is 1.79. The van der Waals surface area contributed by atoms with E-state index in [0.29, 0.717) is 35.4 Å². The summed E-state index contributed by atoms with van der Waals surface area (Å²) in [6.07, 6.45) is 10.4. The van der Waals surface area contributed by atoms with Gasteiger partial charge in [0.15, 0.2) is 0 Å². The Kier molecular flexibility index (Phi) is 5.96. The van der Waals surface area contributed by atoms with Gasteiger partial charge in [-0.1, -0.05) is 18.5 Å². The first kappa shape index (κ1) is 20.1. The lowest BCUT2D eigenvalue weighted by Gasteiger charge is -2.56. The van der Waals surface area contributed by atoms with Crippen molar-refractivity contribution in [2.24, 2.45) is 23.2 Å². The number of pyridine rings is 1. The van der Waals surface area contributed by atoms with E-state index >= 15 is 0 Å². The standard InChI is InChI=1S/C22H32ClN3O2/c1-2-20(27)24-4-3-17-8-18(19(23)12-25-17)21(28)26-13-22-9-14-5-15(10-22)7-16(6-14)11-22/h8,12,14-16,20,24,27H,2-7,9-11,13H2,1H3,(H,26,28). The van der Waals surface area contributed by atoms with Crippen LogP contribution in [0.25, 0.3) is 0 Å². The maximum absolute atomic E-state index is 12.9. The van der Waals surface area contributed by atoms with Gasteiger partial charge in [-0.05, 0) is 74.2 Å². The highest BCUT2D eigenvalue weighted by Crippen LogP contribution is 2.59. The number of halogens is 1. The number of carbonyl (C=O) groups is 1. The van der Waals surface area contributed by atoms with E-state index < -0.39 is 6.23 Å². The highest BCUT2D eigenvalue weighted by molar-refractivity contribution is 6.33. The minimum absolute atomic E-state index is 0.0917. The van der Waals surface area contributed by atoms with Gasteiger partial charge in [-0.25, -0.2) is 0 Å². The van der Waals surface area contributed by atoms with Crippen LogP contribution >= 0.6 is 11.6 Å². The molecule has 3 N–H and O–H groups in total. The monoisotopic (exact) mass is 405 g/mol. The van der Waals surface area contributed by atoms with Crippen molar-refractivity contribution in [2.45, 2.75) is 64.5 Å². The summed E-state index contributed by atoms with van der Waals surface area (Å²) in [5.41, 5.74) is 1.63. The molecule has 1 aromatic rings.